The van der Waals surface area contributed by atoms with E-state index in [-0.39, 0.29) is 42.5 Å². The largest absolute Gasteiger partial charge is 0.463 e. The molecule has 2 unspecified atom stereocenters. The van der Waals surface area contributed by atoms with Crippen molar-refractivity contribution in [3.63, 3.8) is 0 Å². The van der Waals surface area contributed by atoms with Crippen LogP contribution in [0, 0.1) is 11.8 Å². The molecule has 3 N–H and O–H groups in total. The Bertz CT molecular complexity index is 361. The fraction of sp³-hybridized carbons (Fsp3) is 0.857. The molecule has 1 heterocycles. The number of nitrogens with two attached hydrogens (primary N) is 1. The molecular formula is C14H26N2O5. The Hall–Kier alpha value is -1.18. The van der Waals surface area contributed by atoms with E-state index < -0.39 is 6.29 Å². The summed E-state index contributed by atoms with van der Waals surface area (Å²) >= 11 is 0. The van der Waals surface area contributed by atoms with Gasteiger partial charge in [0.15, 0.2) is 6.29 Å². The van der Waals surface area contributed by atoms with Gasteiger partial charge in [0.25, 0.3) is 0 Å². The molecule has 5 atom stereocenters. The van der Waals surface area contributed by atoms with Gasteiger partial charge in [-0.05, 0) is 11.8 Å². The van der Waals surface area contributed by atoms with E-state index in [9.17, 15) is 9.59 Å². The normalized spacial score (nSPS) is 32.5. The van der Waals surface area contributed by atoms with E-state index in [1.807, 2.05) is 13.8 Å². The van der Waals surface area contributed by atoms with E-state index in [2.05, 4.69) is 5.32 Å². The second-order valence-electron chi connectivity index (χ2n) is 5.45. The van der Waals surface area contributed by atoms with E-state index in [0.29, 0.717) is 13.2 Å². The van der Waals surface area contributed by atoms with E-state index in [1.54, 1.807) is 0 Å². The molecule has 21 heavy (non-hydrogen) atoms. The maximum absolute atomic E-state index is 11.4. The summed E-state index contributed by atoms with van der Waals surface area (Å²) in [6, 6.07) is -0.252. The lowest BCUT2D eigenvalue weighted by atomic mass is 9.82. The Kier molecular flexibility index (Phi) is 7.07. The van der Waals surface area contributed by atoms with Crippen LogP contribution in [0.4, 0.5) is 0 Å². The molecular weight excluding hydrogens is 276 g/mol. The maximum atomic E-state index is 11.4. The average Bonchev–Trinajstić information content (AvgIpc) is 2.41. The molecule has 0 aromatic rings. The van der Waals surface area contributed by atoms with Gasteiger partial charge in [0.2, 0.25) is 5.91 Å². The molecule has 0 spiro atoms. The molecule has 0 radical (unpaired) electrons. The lowest BCUT2D eigenvalue weighted by molar-refractivity contribution is -0.243. The third-order valence-electron chi connectivity index (χ3n) is 3.81. The summed E-state index contributed by atoms with van der Waals surface area (Å²) in [5, 5.41) is 2.87. The van der Waals surface area contributed by atoms with E-state index in [0.717, 1.165) is 0 Å². The molecule has 0 bridgehead atoms. The lowest BCUT2D eigenvalue weighted by Crippen LogP contribution is -2.58. The van der Waals surface area contributed by atoms with Crippen molar-refractivity contribution in [2.75, 3.05) is 19.8 Å². The van der Waals surface area contributed by atoms with Crippen molar-refractivity contribution in [1.82, 2.24) is 5.32 Å². The molecule has 1 saturated heterocycles. The predicted molar refractivity (Wildman–Crippen MR) is 76.2 cm³/mol. The van der Waals surface area contributed by atoms with Crippen LogP contribution in [0.15, 0.2) is 0 Å². The molecule has 7 nitrogen and oxygen atoms in total. The van der Waals surface area contributed by atoms with E-state index >= 15 is 0 Å². The summed E-state index contributed by atoms with van der Waals surface area (Å²) in [4.78, 5) is 22.3. The summed E-state index contributed by atoms with van der Waals surface area (Å²) < 4.78 is 16.5. The fourth-order valence-electron chi connectivity index (χ4n) is 2.45. The number of hydrogen-bond donors (Lipinski definition) is 2. The number of carbonyl (C=O) groups excluding carboxylic acids is 2. The van der Waals surface area contributed by atoms with Gasteiger partial charge in [0.05, 0.1) is 18.8 Å². The van der Waals surface area contributed by atoms with Crippen LogP contribution in [-0.4, -0.2) is 50.1 Å². The van der Waals surface area contributed by atoms with Gasteiger partial charge in [0, 0.05) is 20.4 Å². The van der Waals surface area contributed by atoms with Crippen molar-refractivity contribution in [2.45, 2.75) is 46.1 Å². The van der Waals surface area contributed by atoms with Crippen LogP contribution in [0.25, 0.3) is 0 Å². The molecule has 0 saturated carbocycles. The maximum Gasteiger partial charge on any atom is 0.302 e. The van der Waals surface area contributed by atoms with Crippen LogP contribution in [-0.2, 0) is 23.8 Å². The SMILES string of the molecule is CC(=O)NC1[C@H](OCCN)OC(COC(C)=O)[C@H](C)[C@@H]1C. The minimum Gasteiger partial charge on any atom is -0.463 e. The van der Waals surface area contributed by atoms with Crippen molar-refractivity contribution < 1.29 is 23.8 Å². The highest BCUT2D eigenvalue weighted by Crippen LogP contribution is 2.31. The van der Waals surface area contributed by atoms with Crippen LogP contribution in [0.2, 0.25) is 0 Å². The summed E-state index contributed by atoms with van der Waals surface area (Å²) in [5.41, 5.74) is 5.45. The molecule has 1 fully saturated rings. The highest BCUT2D eigenvalue weighted by Gasteiger charge is 2.42. The second-order valence-corrected chi connectivity index (χ2v) is 5.45. The van der Waals surface area contributed by atoms with Crippen LogP contribution < -0.4 is 11.1 Å². The number of rotatable bonds is 6. The molecule has 1 rings (SSSR count). The van der Waals surface area contributed by atoms with Crippen LogP contribution in [0.3, 0.4) is 0 Å². The van der Waals surface area contributed by atoms with Crippen molar-refractivity contribution in [3.05, 3.63) is 0 Å². The molecule has 122 valence electrons. The monoisotopic (exact) mass is 302 g/mol. The molecule has 1 aliphatic heterocycles. The van der Waals surface area contributed by atoms with Crippen LogP contribution in [0.1, 0.15) is 27.7 Å². The second kappa shape index (κ2) is 8.31. The molecule has 1 aliphatic rings. The van der Waals surface area contributed by atoms with E-state index in [1.165, 1.54) is 13.8 Å². The minimum absolute atomic E-state index is 0.110. The first-order valence-electron chi connectivity index (χ1n) is 7.24. The van der Waals surface area contributed by atoms with Crippen molar-refractivity contribution >= 4 is 11.9 Å². The number of ether oxygens (including phenoxy) is 3. The fourth-order valence-corrected chi connectivity index (χ4v) is 2.45. The average molecular weight is 302 g/mol. The highest BCUT2D eigenvalue weighted by atomic mass is 16.7. The third kappa shape index (κ3) is 5.26. The summed E-state index contributed by atoms with van der Waals surface area (Å²) in [6.45, 7) is 7.73. The summed E-state index contributed by atoms with van der Waals surface area (Å²) in [5.74, 6) is -0.255. The van der Waals surface area contributed by atoms with Gasteiger partial charge in [-0.1, -0.05) is 13.8 Å². The van der Waals surface area contributed by atoms with Gasteiger partial charge >= 0.3 is 5.97 Å². The first-order chi connectivity index (χ1) is 9.86. The summed E-state index contributed by atoms with van der Waals surface area (Å²) in [6.07, 6.45) is -0.860. The minimum atomic E-state index is -0.593. The third-order valence-corrected chi connectivity index (χ3v) is 3.81. The Morgan fingerprint density at radius 3 is 2.43 bits per heavy atom. The van der Waals surface area contributed by atoms with Crippen molar-refractivity contribution in [3.8, 4) is 0 Å². The number of amides is 1. The zero-order valence-electron chi connectivity index (χ0n) is 13.1. The van der Waals surface area contributed by atoms with Crippen LogP contribution in [0.5, 0.6) is 0 Å². The number of nitrogens with one attached hydrogen (secondary N) is 1. The van der Waals surface area contributed by atoms with Crippen LogP contribution >= 0.6 is 0 Å². The van der Waals surface area contributed by atoms with Crippen molar-refractivity contribution in [2.24, 2.45) is 17.6 Å². The molecule has 7 heteroatoms. The molecule has 0 aliphatic carbocycles. The first kappa shape index (κ1) is 17.9. The van der Waals surface area contributed by atoms with Gasteiger partial charge in [-0.15, -0.1) is 0 Å². The standard InChI is InChI=1S/C14H26N2O5/c1-8-9(2)13(16-10(3)17)14(19-6-5-15)21-12(8)7-20-11(4)18/h8-9,12-14H,5-7,15H2,1-4H3,(H,16,17)/t8-,9+,12?,13?,14-/m1/s1. The van der Waals surface area contributed by atoms with Gasteiger partial charge in [-0.25, -0.2) is 0 Å². The van der Waals surface area contributed by atoms with Crippen molar-refractivity contribution in [1.29, 1.82) is 0 Å². The molecule has 0 aromatic carbocycles. The predicted octanol–water partition coefficient (Wildman–Crippen LogP) is 0.0266. The zero-order valence-corrected chi connectivity index (χ0v) is 13.1. The highest BCUT2D eigenvalue weighted by molar-refractivity contribution is 5.73. The Morgan fingerprint density at radius 2 is 1.90 bits per heavy atom. The van der Waals surface area contributed by atoms with Gasteiger partial charge in [0.1, 0.15) is 6.61 Å². The number of carbonyl (C=O) groups is 2. The number of esters is 1. The van der Waals surface area contributed by atoms with Gasteiger partial charge in [-0.2, -0.15) is 0 Å². The first-order valence-corrected chi connectivity index (χ1v) is 7.24. The van der Waals surface area contributed by atoms with Gasteiger partial charge in [-0.3, -0.25) is 9.59 Å². The Balaban J connectivity index is 2.77. The zero-order chi connectivity index (χ0) is 16.0. The molecule has 0 aromatic heterocycles. The lowest BCUT2D eigenvalue weighted by Gasteiger charge is -2.44. The molecule has 1 amide bonds. The van der Waals surface area contributed by atoms with Gasteiger partial charge < -0.3 is 25.3 Å². The quantitative estimate of drug-likeness (QED) is 0.671. The topological polar surface area (TPSA) is 99.9 Å². The summed E-state index contributed by atoms with van der Waals surface area (Å²) in [7, 11) is 0. The Labute approximate surface area is 125 Å². The number of hydrogen-bond acceptors (Lipinski definition) is 6. The smallest absolute Gasteiger partial charge is 0.302 e. The Morgan fingerprint density at radius 1 is 1.24 bits per heavy atom. The van der Waals surface area contributed by atoms with E-state index in [4.69, 9.17) is 19.9 Å².